The molecule has 0 saturated carbocycles. The Bertz CT molecular complexity index is 58.8. The SMILES string of the molecule is CC1OCC(S)CO1. The Balaban J connectivity index is 2.19. The largest absolute Gasteiger partial charge is 0.352 e. The highest BCUT2D eigenvalue weighted by Crippen LogP contribution is 2.07. The summed E-state index contributed by atoms with van der Waals surface area (Å²) in [6.45, 7) is 3.31. The summed E-state index contributed by atoms with van der Waals surface area (Å²) < 4.78 is 10.2. The van der Waals surface area contributed by atoms with E-state index in [4.69, 9.17) is 9.47 Å². The van der Waals surface area contributed by atoms with Gasteiger partial charge in [-0.3, -0.25) is 0 Å². The second kappa shape index (κ2) is 2.71. The molecule has 0 spiro atoms. The first kappa shape index (κ1) is 6.39. The second-order valence-electron chi connectivity index (χ2n) is 1.89. The lowest BCUT2D eigenvalue weighted by atomic mass is 10.4. The highest BCUT2D eigenvalue weighted by atomic mass is 32.1. The molecule has 8 heavy (non-hydrogen) atoms. The van der Waals surface area contributed by atoms with Crippen LogP contribution in [0.3, 0.4) is 0 Å². The van der Waals surface area contributed by atoms with E-state index in [1.807, 2.05) is 6.92 Å². The molecule has 0 aromatic heterocycles. The topological polar surface area (TPSA) is 18.5 Å². The molecule has 0 radical (unpaired) electrons. The van der Waals surface area contributed by atoms with Crippen molar-refractivity contribution >= 4 is 12.6 Å². The van der Waals surface area contributed by atoms with Crippen molar-refractivity contribution in [3.63, 3.8) is 0 Å². The van der Waals surface area contributed by atoms with Crippen LogP contribution in [-0.4, -0.2) is 24.8 Å². The molecule has 0 unspecified atom stereocenters. The van der Waals surface area contributed by atoms with Gasteiger partial charge in [-0.05, 0) is 6.92 Å². The maximum atomic E-state index is 5.09. The lowest BCUT2D eigenvalue weighted by Crippen LogP contribution is -2.30. The zero-order valence-electron chi connectivity index (χ0n) is 4.83. The molecule has 0 aromatic carbocycles. The van der Waals surface area contributed by atoms with Crippen LogP contribution in [0.25, 0.3) is 0 Å². The van der Waals surface area contributed by atoms with Gasteiger partial charge in [0.25, 0.3) is 0 Å². The summed E-state index contributed by atoms with van der Waals surface area (Å²) >= 11 is 4.15. The monoisotopic (exact) mass is 134 g/mol. The van der Waals surface area contributed by atoms with Gasteiger partial charge in [0.15, 0.2) is 6.29 Å². The maximum Gasteiger partial charge on any atom is 0.154 e. The van der Waals surface area contributed by atoms with Crippen LogP contribution in [-0.2, 0) is 9.47 Å². The van der Waals surface area contributed by atoms with Crippen LogP contribution in [0.4, 0.5) is 0 Å². The number of ether oxygens (including phenoxy) is 2. The molecule has 2 nitrogen and oxygen atoms in total. The van der Waals surface area contributed by atoms with E-state index in [0.717, 1.165) is 0 Å². The van der Waals surface area contributed by atoms with Crippen molar-refractivity contribution in [2.24, 2.45) is 0 Å². The molecule has 1 aliphatic rings. The quantitative estimate of drug-likeness (QED) is 0.491. The van der Waals surface area contributed by atoms with Crippen molar-refractivity contribution in [1.29, 1.82) is 0 Å². The van der Waals surface area contributed by atoms with Crippen LogP contribution in [0, 0.1) is 0 Å². The third-order valence-electron chi connectivity index (χ3n) is 1.05. The minimum Gasteiger partial charge on any atom is -0.352 e. The number of hydrogen-bond donors (Lipinski definition) is 1. The van der Waals surface area contributed by atoms with Gasteiger partial charge in [0.05, 0.1) is 13.2 Å². The lowest BCUT2D eigenvalue weighted by molar-refractivity contribution is -0.163. The Hall–Kier alpha value is 0.270. The fourth-order valence-electron chi connectivity index (χ4n) is 0.589. The van der Waals surface area contributed by atoms with Gasteiger partial charge in [-0.2, -0.15) is 12.6 Å². The Morgan fingerprint density at radius 3 is 2.25 bits per heavy atom. The van der Waals surface area contributed by atoms with Crippen LogP contribution < -0.4 is 0 Å². The minimum atomic E-state index is -0.0293. The number of thiol groups is 1. The van der Waals surface area contributed by atoms with E-state index in [2.05, 4.69) is 12.6 Å². The molecule has 0 bridgehead atoms. The average Bonchev–Trinajstić information content (AvgIpc) is 1.77. The maximum absolute atomic E-state index is 5.09. The van der Waals surface area contributed by atoms with Gasteiger partial charge in [0.2, 0.25) is 0 Å². The molecule has 1 aliphatic heterocycles. The van der Waals surface area contributed by atoms with Crippen LogP contribution in [0.15, 0.2) is 0 Å². The van der Waals surface area contributed by atoms with E-state index >= 15 is 0 Å². The van der Waals surface area contributed by atoms with E-state index < -0.39 is 0 Å². The first-order valence-electron chi connectivity index (χ1n) is 2.70. The predicted molar refractivity (Wildman–Crippen MR) is 34.1 cm³/mol. The van der Waals surface area contributed by atoms with E-state index in [0.29, 0.717) is 13.2 Å². The normalized spacial score (nSPS) is 39.8. The highest BCUT2D eigenvalue weighted by molar-refractivity contribution is 7.81. The summed E-state index contributed by atoms with van der Waals surface area (Å²) in [4.78, 5) is 0. The van der Waals surface area contributed by atoms with Crippen molar-refractivity contribution < 1.29 is 9.47 Å². The van der Waals surface area contributed by atoms with Crippen molar-refractivity contribution in [2.75, 3.05) is 13.2 Å². The summed E-state index contributed by atoms with van der Waals surface area (Å²) in [6.07, 6.45) is -0.0293. The van der Waals surface area contributed by atoms with Gasteiger partial charge in [-0.15, -0.1) is 0 Å². The van der Waals surface area contributed by atoms with E-state index in [-0.39, 0.29) is 11.5 Å². The summed E-state index contributed by atoms with van der Waals surface area (Å²) in [5.74, 6) is 0. The Morgan fingerprint density at radius 2 is 1.88 bits per heavy atom. The molecule has 0 amide bonds. The van der Waals surface area contributed by atoms with Gasteiger partial charge in [0.1, 0.15) is 0 Å². The fraction of sp³-hybridized carbons (Fsp3) is 1.00. The van der Waals surface area contributed by atoms with Gasteiger partial charge in [-0.1, -0.05) is 0 Å². The molecular formula is C5H10O2S. The molecule has 0 N–H and O–H groups in total. The molecule has 1 rings (SSSR count). The molecular weight excluding hydrogens is 124 g/mol. The zero-order valence-corrected chi connectivity index (χ0v) is 5.73. The summed E-state index contributed by atoms with van der Waals surface area (Å²) in [6, 6.07) is 0. The van der Waals surface area contributed by atoms with Gasteiger partial charge >= 0.3 is 0 Å². The summed E-state index contributed by atoms with van der Waals surface area (Å²) in [7, 11) is 0. The van der Waals surface area contributed by atoms with Crippen molar-refractivity contribution in [1.82, 2.24) is 0 Å². The van der Waals surface area contributed by atoms with Gasteiger partial charge in [-0.25, -0.2) is 0 Å². The molecule has 1 heterocycles. The zero-order chi connectivity index (χ0) is 5.98. The molecule has 1 saturated heterocycles. The molecule has 1 fully saturated rings. The average molecular weight is 134 g/mol. The van der Waals surface area contributed by atoms with E-state index in [1.165, 1.54) is 0 Å². The number of hydrogen-bond acceptors (Lipinski definition) is 3. The first-order chi connectivity index (χ1) is 3.79. The third kappa shape index (κ3) is 1.65. The summed E-state index contributed by atoms with van der Waals surface area (Å²) in [5.41, 5.74) is 0. The van der Waals surface area contributed by atoms with Crippen LogP contribution >= 0.6 is 12.6 Å². The third-order valence-corrected chi connectivity index (χ3v) is 1.34. The molecule has 3 heteroatoms. The molecule has 0 atom stereocenters. The fourth-order valence-corrected chi connectivity index (χ4v) is 0.762. The van der Waals surface area contributed by atoms with E-state index in [1.54, 1.807) is 0 Å². The van der Waals surface area contributed by atoms with Crippen LogP contribution in [0.5, 0.6) is 0 Å². The van der Waals surface area contributed by atoms with Gasteiger partial charge < -0.3 is 9.47 Å². The minimum absolute atomic E-state index is 0.0293. The molecule has 48 valence electrons. The van der Waals surface area contributed by atoms with E-state index in [9.17, 15) is 0 Å². The van der Waals surface area contributed by atoms with Crippen molar-refractivity contribution in [3.05, 3.63) is 0 Å². The smallest absolute Gasteiger partial charge is 0.154 e. The standard InChI is InChI=1S/C5H10O2S/c1-4-6-2-5(8)3-7-4/h4-5,8H,2-3H2,1H3. The Labute approximate surface area is 54.6 Å². The van der Waals surface area contributed by atoms with Crippen molar-refractivity contribution in [2.45, 2.75) is 18.5 Å². The first-order valence-corrected chi connectivity index (χ1v) is 3.22. The van der Waals surface area contributed by atoms with Gasteiger partial charge in [0, 0.05) is 5.25 Å². The summed E-state index contributed by atoms with van der Waals surface area (Å²) in [5, 5.41) is 0.270. The van der Waals surface area contributed by atoms with Crippen molar-refractivity contribution in [3.8, 4) is 0 Å². The highest BCUT2D eigenvalue weighted by Gasteiger charge is 2.14. The van der Waals surface area contributed by atoms with Crippen LogP contribution in [0.2, 0.25) is 0 Å². The lowest BCUT2D eigenvalue weighted by Gasteiger charge is -2.23. The second-order valence-corrected chi connectivity index (χ2v) is 2.62. The predicted octanol–water partition coefficient (Wildman–Crippen LogP) is 0.678. The Kier molecular flexibility index (Phi) is 2.16. The Morgan fingerprint density at radius 1 is 1.38 bits per heavy atom. The molecule has 0 aromatic rings. The number of rotatable bonds is 0. The molecule has 0 aliphatic carbocycles. The van der Waals surface area contributed by atoms with Crippen LogP contribution in [0.1, 0.15) is 6.92 Å².